The van der Waals surface area contributed by atoms with Gasteiger partial charge in [-0.05, 0) is 67.6 Å². The van der Waals surface area contributed by atoms with Gasteiger partial charge in [-0.3, -0.25) is 0 Å². The lowest BCUT2D eigenvalue weighted by atomic mass is 9.65. The van der Waals surface area contributed by atoms with Crippen molar-refractivity contribution in [1.82, 2.24) is 15.0 Å². The van der Waals surface area contributed by atoms with Gasteiger partial charge in [0.1, 0.15) is 11.5 Å². The maximum atomic E-state index is 7.00. The number of ether oxygens (including phenoxy) is 1. The Bertz CT molecular complexity index is 3230. The first-order valence-electron chi connectivity index (χ1n) is 19.7. The smallest absolute Gasteiger partial charge is 0.164 e. The lowest BCUT2D eigenvalue weighted by Crippen LogP contribution is -2.32. The summed E-state index contributed by atoms with van der Waals surface area (Å²) in [6.07, 6.45) is 0. The highest BCUT2D eigenvalue weighted by molar-refractivity contribution is 6.08. The third kappa shape index (κ3) is 4.79. The van der Waals surface area contributed by atoms with Gasteiger partial charge in [0, 0.05) is 33.4 Å². The maximum absolute atomic E-state index is 7.00. The van der Waals surface area contributed by atoms with Gasteiger partial charge in [0.25, 0.3) is 0 Å². The first-order chi connectivity index (χ1) is 28.7. The van der Waals surface area contributed by atoms with E-state index in [-0.39, 0.29) is 0 Å². The Morgan fingerprint density at radius 1 is 0.328 bits per heavy atom. The Kier molecular flexibility index (Phi) is 7.11. The predicted octanol–water partition coefficient (Wildman–Crippen LogP) is 13.3. The lowest BCUT2D eigenvalue weighted by Gasteiger charge is -2.40. The van der Waals surface area contributed by atoms with Crippen molar-refractivity contribution >= 4 is 21.5 Å². The summed E-state index contributed by atoms with van der Waals surface area (Å²) in [4.78, 5) is 15.3. The van der Waals surface area contributed by atoms with Crippen molar-refractivity contribution in [3.8, 4) is 67.9 Å². The molecule has 0 atom stereocenters. The fourth-order valence-electron chi connectivity index (χ4n) is 9.43. The number of rotatable bonds is 4. The van der Waals surface area contributed by atoms with Crippen LogP contribution in [0.2, 0.25) is 0 Å². The van der Waals surface area contributed by atoms with Crippen LogP contribution in [0, 0.1) is 0 Å². The molecule has 10 aromatic rings. The van der Waals surface area contributed by atoms with E-state index < -0.39 is 5.41 Å². The van der Waals surface area contributed by atoms with Gasteiger partial charge in [-0.2, -0.15) is 0 Å². The molecule has 9 aromatic carbocycles. The van der Waals surface area contributed by atoms with E-state index in [0.29, 0.717) is 17.5 Å². The Morgan fingerprint density at radius 3 is 1.66 bits per heavy atom. The number of nitrogens with zero attached hydrogens (tertiary/aromatic N) is 3. The molecule has 58 heavy (non-hydrogen) atoms. The quantitative estimate of drug-likeness (QED) is 0.169. The van der Waals surface area contributed by atoms with E-state index in [1.54, 1.807) is 0 Å². The minimum Gasteiger partial charge on any atom is -0.456 e. The Morgan fingerprint density at radius 2 is 0.862 bits per heavy atom. The molecule has 1 aliphatic heterocycles. The van der Waals surface area contributed by atoms with Crippen LogP contribution in [0.15, 0.2) is 200 Å². The summed E-state index contributed by atoms with van der Waals surface area (Å²) >= 11 is 0. The molecule has 0 bridgehead atoms. The molecule has 4 nitrogen and oxygen atoms in total. The summed E-state index contributed by atoms with van der Waals surface area (Å²) in [5.41, 5.74) is 11.6. The largest absolute Gasteiger partial charge is 0.456 e. The van der Waals surface area contributed by atoms with Crippen LogP contribution >= 0.6 is 0 Å². The van der Waals surface area contributed by atoms with Crippen molar-refractivity contribution < 1.29 is 4.74 Å². The average molecular weight is 740 g/mol. The normalized spacial score (nSPS) is 13.1. The van der Waals surface area contributed by atoms with Crippen LogP contribution in [0.3, 0.4) is 0 Å². The molecule has 0 radical (unpaired) electrons. The fourth-order valence-corrected chi connectivity index (χ4v) is 9.43. The molecule has 0 amide bonds. The van der Waals surface area contributed by atoms with Crippen LogP contribution in [0.5, 0.6) is 11.5 Å². The molecule has 1 aromatic heterocycles. The summed E-state index contributed by atoms with van der Waals surface area (Å²) in [6.45, 7) is 0. The second-order valence-corrected chi connectivity index (χ2v) is 15.1. The molecule has 0 saturated heterocycles. The highest BCUT2D eigenvalue weighted by atomic mass is 16.5. The van der Waals surface area contributed by atoms with Gasteiger partial charge in [-0.15, -0.1) is 0 Å². The van der Waals surface area contributed by atoms with Crippen LogP contribution in [0.25, 0.3) is 78.0 Å². The molecular weight excluding hydrogens is 707 g/mol. The summed E-state index contributed by atoms with van der Waals surface area (Å²) in [6, 6.07) is 70.8. The molecule has 0 N–H and O–H groups in total. The second-order valence-electron chi connectivity index (χ2n) is 15.1. The number of aromatic nitrogens is 3. The van der Waals surface area contributed by atoms with Crippen LogP contribution in [-0.4, -0.2) is 15.0 Å². The molecule has 12 rings (SSSR count). The molecule has 2 aliphatic rings. The first-order valence-corrected chi connectivity index (χ1v) is 19.7. The summed E-state index contributed by atoms with van der Waals surface area (Å²) in [5.74, 6) is 3.58. The minimum absolute atomic E-state index is 0.537. The molecule has 2 heterocycles. The number of para-hydroxylation sites is 2. The zero-order valence-corrected chi connectivity index (χ0v) is 31.3. The third-order valence-electron chi connectivity index (χ3n) is 12.0. The van der Waals surface area contributed by atoms with E-state index in [2.05, 4.69) is 170 Å². The van der Waals surface area contributed by atoms with Gasteiger partial charge in [0.2, 0.25) is 0 Å². The number of hydrogen-bond donors (Lipinski definition) is 0. The van der Waals surface area contributed by atoms with Gasteiger partial charge < -0.3 is 4.74 Å². The second kappa shape index (κ2) is 12.7. The Hall–Kier alpha value is -7.69. The van der Waals surface area contributed by atoms with E-state index in [1.807, 2.05) is 30.3 Å². The van der Waals surface area contributed by atoms with Crippen molar-refractivity contribution in [3.05, 3.63) is 222 Å². The van der Waals surface area contributed by atoms with Gasteiger partial charge >= 0.3 is 0 Å². The molecule has 1 spiro atoms. The monoisotopic (exact) mass is 739 g/mol. The first kappa shape index (κ1) is 32.5. The van der Waals surface area contributed by atoms with E-state index in [9.17, 15) is 0 Å². The molecule has 1 aliphatic carbocycles. The topological polar surface area (TPSA) is 47.9 Å². The van der Waals surface area contributed by atoms with Crippen molar-refractivity contribution in [2.45, 2.75) is 5.41 Å². The number of hydrogen-bond acceptors (Lipinski definition) is 4. The van der Waals surface area contributed by atoms with Crippen molar-refractivity contribution in [1.29, 1.82) is 0 Å². The minimum atomic E-state index is -0.537. The van der Waals surface area contributed by atoms with Gasteiger partial charge in [-0.25, -0.2) is 15.0 Å². The van der Waals surface area contributed by atoms with E-state index >= 15 is 0 Å². The average Bonchev–Trinajstić information content (AvgIpc) is 3.59. The zero-order valence-electron chi connectivity index (χ0n) is 31.3. The molecule has 0 fully saturated rings. The number of benzene rings is 9. The van der Waals surface area contributed by atoms with Crippen molar-refractivity contribution in [2.24, 2.45) is 0 Å². The van der Waals surface area contributed by atoms with Gasteiger partial charge in [-0.1, -0.05) is 182 Å². The highest BCUT2D eigenvalue weighted by Gasteiger charge is 2.51. The zero-order chi connectivity index (χ0) is 38.2. The Labute approximate surface area is 335 Å². The number of fused-ring (bicyclic) bond motifs is 12. The van der Waals surface area contributed by atoms with E-state index in [1.165, 1.54) is 38.4 Å². The highest BCUT2D eigenvalue weighted by Crippen LogP contribution is 2.63. The van der Waals surface area contributed by atoms with Crippen molar-refractivity contribution in [2.75, 3.05) is 0 Å². The van der Waals surface area contributed by atoms with Crippen molar-refractivity contribution in [3.63, 3.8) is 0 Å². The molecule has 0 unspecified atom stereocenters. The van der Waals surface area contributed by atoms with Gasteiger partial charge in [0.15, 0.2) is 17.5 Å². The van der Waals surface area contributed by atoms with E-state index in [4.69, 9.17) is 19.7 Å². The van der Waals surface area contributed by atoms with Crippen LogP contribution in [0.4, 0.5) is 0 Å². The Balaban J connectivity index is 1.03. The summed E-state index contributed by atoms with van der Waals surface area (Å²) in [7, 11) is 0. The van der Waals surface area contributed by atoms with Crippen LogP contribution in [0.1, 0.15) is 22.3 Å². The van der Waals surface area contributed by atoms with E-state index in [0.717, 1.165) is 55.8 Å². The summed E-state index contributed by atoms with van der Waals surface area (Å²) in [5, 5.41) is 4.79. The third-order valence-corrected chi connectivity index (χ3v) is 12.0. The molecule has 4 heteroatoms. The standard InChI is InChI=1S/C54H33N3O/c1-2-15-35(16-3-1)51-55-52(57-53(56-51)39-30-31-41-37(33-39)29-28-34-14-4-5-19-40(34)41)38-18-12-17-36(32-38)42-22-13-26-48-50(42)58-49-27-11-10-25-47(49)54(48)45-23-8-6-20-43(45)44-21-7-9-24-46(44)54/h1-33H. The lowest BCUT2D eigenvalue weighted by molar-refractivity contribution is 0.438. The SMILES string of the molecule is c1ccc(-c2nc(-c3cccc(-c4cccc5c4Oc4ccccc4C54c5ccccc5-c5ccccc54)c3)nc(-c3ccc4c(ccc5ccccc54)c3)n2)cc1. The van der Waals surface area contributed by atoms with Crippen LogP contribution < -0.4 is 4.74 Å². The molecule has 270 valence electrons. The summed E-state index contributed by atoms with van der Waals surface area (Å²) < 4.78 is 7.00. The molecule has 0 saturated carbocycles. The maximum Gasteiger partial charge on any atom is 0.164 e. The van der Waals surface area contributed by atoms with Gasteiger partial charge in [0.05, 0.1) is 5.41 Å². The predicted molar refractivity (Wildman–Crippen MR) is 234 cm³/mol. The fraction of sp³-hybridized carbons (Fsp3) is 0.0185. The molecular formula is C54H33N3O. The van der Waals surface area contributed by atoms with Crippen LogP contribution in [-0.2, 0) is 5.41 Å².